The molecule has 0 saturated heterocycles. The molecule has 0 aliphatic rings. The van der Waals surface area contributed by atoms with Crippen LogP contribution in [0, 0.1) is 20.2 Å². The maximum Gasteiger partial charge on any atom is 0.269 e. The minimum Gasteiger partial charge on any atom is -0.508 e. The fourth-order valence-electron chi connectivity index (χ4n) is 6.56. The second-order valence-electron chi connectivity index (χ2n) is 16.3. The first-order valence-corrected chi connectivity index (χ1v) is 22.0. The van der Waals surface area contributed by atoms with Crippen molar-refractivity contribution < 1.29 is 58.4 Å². The van der Waals surface area contributed by atoms with Crippen molar-refractivity contribution in [3.8, 4) is 11.5 Å². The first-order valence-electron chi connectivity index (χ1n) is 22.0. The second-order valence-corrected chi connectivity index (χ2v) is 16.3. The molecule has 26 nitrogen and oxygen atoms in total. The van der Waals surface area contributed by atoms with E-state index in [4.69, 9.17) is 11.5 Å². The van der Waals surface area contributed by atoms with Crippen molar-refractivity contribution in [2.75, 3.05) is 13.1 Å². The number of nitrogens with two attached hydrogens (primary N) is 2. The van der Waals surface area contributed by atoms with Gasteiger partial charge in [0.1, 0.15) is 35.7 Å². The van der Waals surface area contributed by atoms with Crippen LogP contribution in [0.5, 0.6) is 11.5 Å². The number of carbonyl (C=O) groups excluding carboxylic acids is 8. The lowest BCUT2D eigenvalue weighted by Gasteiger charge is -2.22. The van der Waals surface area contributed by atoms with Gasteiger partial charge in [-0.05, 0) is 73.2 Å². The van der Waals surface area contributed by atoms with Crippen LogP contribution in [0.4, 0.5) is 11.4 Å². The summed E-state index contributed by atoms with van der Waals surface area (Å²) < 4.78 is 0. The number of phenolic OH excluding ortho intramolecular Hbond substituents is 2. The Labute approximate surface area is 410 Å². The molecule has 4 aromatic rings. The molecule has 0 aliphatic carbocycles. The Hall–Kier alpha value is -9.04. The smallest absolute Gasteiger partial charge is 0.269 e. The summed E-state index contributed by atoms with van der Waals surface area (Å²) >= 11 is 0. The highest BCUT2D eigenvalue weighted by Gasteiger charge is 2.28. The number of rotatable bonds is 24. The second kappa shape index (κ2) is 26.6. The van der Waals surface area contributed by atoms with Crippen LogP contribution in [0.1, 0.15) is 36.1 Å². The Kier molecular flexibility index (Phi) is 20.6. The van der Waals surface area contributed by atoms with Gasteiger partial charge in [-0.1, -0.05) is 48.5 Å². The molecule has 6 atom stereocenters. The Balaban J connectivity index is 1.39. The van der Waals surface area contributed by atoms with E-state index in [1.54, 1.807) is 24.3 Å². The number of hydrogen-bond acceptors (Lipinski definition) is 16. The summed E-state index contributed by atoms with van der Waals surface area (Å²) in [6.45, 7) is 1.24. The highest BCUT2D eigenvalue weighted by atomic mass is 16.6. The molecule has 0 saturated carbocycles. The Bertz CT molecular complexity index is 2420. The molecule has 4 rings (SSSR count). The fraction of sp³-hybridized carbons (Fsp3) is 0.304. The molecule has 0 spiro atoms. The normalized spacial score (nSPS) is 13.2. The molecule has 26 heteroatoms. The van der Waals surface area contributed by atoms with Gasteiger partial charge in [-0.2, -0.15) is 0 Å². The number of carbonyl (C=O) groups is 8. The van der Waals surface area contributed by atoms with Crippen LogP contribution in [0.25, 0.3) is 0 Å². The summed E-state index contributed by atoms with van der Waals surface area (Å²) in [4.78, 5) is 126. The first kappa shape index (κ1) is 55.6. The summed E-state index contributed by atoms with van der Waals surface area (Å²) in [5.41, 5.74) is 17.7. The van der Waals surface area contributed by atoms with Gasteiger partial charge in [0.15, 0.2) is 0 Å². The largest absolute Gasteiger partial charge is 0.508 e. The van der Waals surface area contributed by atoms with E-state index in [1.165, 1.54) is 62.4 Å². The van der Waals surface area contributed by atoms with E-state index in [0.29, 0.717) is 22.3 Å². The third kappa shape index (κ3) is 18.1. The molecule has 14 N–H and O–H groups in total. The van der Waals surface area contributed by atoms with Gasteiger partial charge in [-0.15, -0.1) is 0 Å². The SMILES string of the molecule is C[C@@H](NC(=O)[C@@H](N)Cc1ccc(O)cc1)C(=O)NCC(=O)N[C@@H](Cc1ccc([N+](=O)[O-])cc1)C(=O)NNC(=O)[C@H](Cc1ccc([N+](=O)[O-])cc1)NC(=O)CNC(=O)[C@@H](C)NC(=O)[C@@H](N)Cc1ccc(O)cc1. The zero-order valence-corrected chi connectivity index (χ0v) is 38.8. The fourth-order valence-corrected chi connectivity index (χ4v) is 6.56. The van der Waals surface area contributed by atoms with E-state index < -0.39 is 106 Å². The van der Waals surface area contributed by atoms with Gasteiger partial charge in [0.25, 0.3) is 23.2 Å². The number of non-ortho nitro benzene ring substituents is 2. The van der Waals surface area contributed by atoms with Crippen molar-refractivity contribution in [1.82, 2.24) is 42.8 Å². The topological polar surface area (TPSA) is 412 Å². The van der Waals surface area contributed by atoms with Crippen LogP contribution in [0.15, 0.2) is 97.1 Å². The maximum atomic E-state index is 13.7. The minimum atomic E-state index is -1.52. The van der Waals surface area contributed by atoms with Crippen molar-refractivity contribution in [2.45, 2.75) is 75.8 Å². The van der Waals surface area contributed by atoms with Gasteiger partial charge in [-0.25, -0.2) is 0 Å². The molecule has 382 valence electrons. The van der Waals surface area contributed by atoms with Gasteiger partial charge in [-0.3, -0.25) is 69.4 Å². The van der Waals surface area contributed by atoms with Crippen molar-refractivity contribution in [1.29, 1.82) is 0 Å². The average molecular weight is 999 g/mol. The number of benzene rings is 4. The summed E-state index contributed by atoms with van der Waals surface area (Å²) in [5, 5.41) is 55.8. The standard InChI is InChI=1S/C46H54N12O14/c1-25(51-43(65)35(47)19-27-7-15-33(59)16-8-27)41(63)49-23-39(61)53-37(21-29-3-11-31(12-4-29)57(69)70)45(67)55-56-46(68)38(22-30-5-13-32(14-6-30)58(71)72)54-40(62)24-50-42(64)26(2)52-44(66)36(48)20-28-9-17-34(60)18-10-28/h3-18,25-26,35-38,59-60H,19-24,47-48H2,1-2H3,(H,49,63)(H,50,64)(H,51,65)(H,52,66)(H,53,61)(H,54,62)(H,55,67)(H,56,68)/t25-,26-,35+,36+,37+,38+/m1/s1. The van der Waals surface area contributed by atoms with E-state index in [9.17, 15) is 68.8 Å². The third-order valence-electron chi connectivity index (χ3n) is 10.6. The summed E-state index contributed by atoms with van der Waals surface area (Å²) in [7, 11) is 0. The lowest BCUT2D eigenvalue weighted by Crippen LogP contribution is -2.59. The van der Waals surface area contributed by atoms with Crippen molar-refractivity contribution >= 4 is 58.6 Å². The lowest BCUT2D eigenvalue weighted by molar-refractivity contribution is -0.385. The highest BCUT2D eigenvalue weighted by molar-refractivity contribution is 5.95. The predicted octanol–water partition coefficient (Wildman–Crippen LogP) is -1.80. The van der Waals surface area contributed by atoms with Gasteiger partial charge in [0.05, 0.1) is 35.0 Å². The minimum absolute atomic E-state index is 0.0207. The van der Waals surface area contributed by atoms with Crippen LogP contribution < -0.4 is 54.2 Å². The van der Waals surface area contributed by atoms with Crippen LogP contribution in [0.2, 0.25) is 0 Å². The van der Waals surface area contributed by atoms with E-state index in [0.717, 1.165) is 24.3 Å². The average Bonchev–Trinajstić information content (AvgIpc) is 3.35. The molecule has 4 aromatic carbocycles. The van der Waals surface area contributed by atoms with Crippen molar-refractivity contribution in [2.24, 2.45) is 11.5 Å². The third-order valence-corrected chi connectivity index (χ3v) is 10.6. The Morgan fingerprint density at radius 1 is 0.458 bits per heavy atom. The molecule has 0 unspecified atom stereocenters. The summed E-state index contributed by atoms with van der Waals surface area (Å²) in [5.74, 6) is -6.86. The predicted molar refractivity (Wildman–Crippen MR) is 255 cm³/mol. The molecule has 0 heterocycles. The number of phenols is 2. The van der Waals surface area contributed by atoms with Crippen LogP contribution in [-0.2, 0) is 64.0 Å². The molecular weight excluding hydrogens is 945 g/mol. The van der Waals surface area contributed by atoms with E-state index in [1.807, 2.05) is 0 Å². The van der Waals surface area contributed by atoms with Crippen LogP contribution in [-0.4, -0.2) is 117 Å². The van der Waals surface area contributed by atoms with Crippen LogP contribution in [0.3, 0.4) is 0 Å². The number of nitro benzene ring substituents is 2. The van der Waals surface area contributed by atoms with Crippen LogP contribution >= 0.6 is 0 Å². The molecule has 0 bridgehead atoms. The number of nitrogens with one attached hydrogen (secondary N) is 8. The first-order chi connectivity index (χ1) is 34.1. The summed E-state index contributed by atoms with van der Waals surface area (Å²) in [6, 6.07) is 14.3. The summed E-state index contributed by atoms with van der Waals surface area (Å²) in [6.07, 6.45) is -0.448. The lowest BCUT2D eigenvalue weighted by atomic mass is 10.0. The van der Waals surface area contributed by atoms with Gasteiger partial charge in [0, 0.05) is 37.1 Å². The molecule has 8 amide bonds. The molecule has 0 radical (unpaired) electrons. The van der Waals surface area contributed by atoms with Crippen molar-refractivity contribution in [3.63, 3.8) is 0 Å². The molecule has 0 aromatic heterocycles. The maximum absolute atomic E-state index is 13.7. The van der Waals surface area contributed by atoms with E-state index in [2.05, 4.69) is 42.8 Å². The zero-order chi connectivity index (χ0) is 53.1. The number of hydrazine groups is 1. The number of hydrogen-bond donors (Lipinski definition) is 12. The number of aromatic hydroxyl groups is 2. The number of nitro groups is 2. The monoisotopic (exact) mass is 998 g/mol. The highest BCUT2D eigenvalue weighted by Crippen LogP contribution is 2.16. The zero-order valence-electron chi connectivity index (χ0n) is 38.8. The van der Waals surface area contributed by atoms with E-state index >= 15 is 0 Å². The van der Waals surface area contributed by atoms with E-state index in [-0.39, 0.29) is 48.6 Å². The van der Waals surface area contributed by atoms with Gasteiger partial charge >= 0.3 is 0 Å². The quantitative estimate of drug-likeness (QED) is 0.0272. The molecule has 0 fully saturated rings. The molecule has 0 aliphatic heterocycles. The van der Waals surface area contributed by atoms with Crippen molar-refractivity contribution in [3.05, 3.63) is 140 Å². The molecular formula is C46H54N12O14. The number of amides is 8. The Morgan fingerprint density at radius 2 is 0.750 bits per heavy atom. The van der Waals surface area contributed by atoms with Gasteiger partial charge < -0.3 is 53.6 Å². The molecule has 72 heavy (non-hydrogen) atoms. The van der Waals surface area contributed by atoms with Gasteiger partial charge in [0.2, 0.25) is 35.4 Å². The Morgan fingerprint density at radius 3 is 1.06 bits per heavy atom. The number of nitrogens with zero attached hydrogens (tertiary/aromatic N) is 2.